The lowest BCUT2D eigenvalue weighted by atomic mass is 10.2. The first-order valence-electron chi connectivity index (χ1n) is 11.8. The second-order valence-corrected chi connectivity index (χ2v) is 13.8. The highest BCUT2D eigenvalue weighted by molar-refractivity contribution is 6.83. The molecule has 0 radical (unpaired) electrons. The van der Waals surface area contributed by atoms with Gasteiger partial charge >= 0.3 is 0 Å². The number of hydrogen-bond acceptors (Lipinski definition) is 6. The summed E-state index contributed by atoms with van der Waals surface area (Å²) in [6.45, 7) is 12.4. The van der Waals surface area contributed by atoms with Gasteiger partial charge in [0, 0.05) is 12.1 Å². The Kier molecular flexibility index (Phi) is 7.37. The van der Waals surface area contributed by atoms with Crippen molar-refractivity contribution in [1.29, 1.82) is 0 Å². The van der Waals surface area contributed by atoms with Crippen molar-refractivity contribution < 1.29 is 9.47 Å². The number of anilines is 1. The molecular formula is C27H31N5O2Si. The maximum Gasteiger partial charge on any atom is 0.168 e. The average molecular weight is 486 g/mol. The van der Waals surface area contributed by atoms with Gasteiger partial charge in [-0.3, -0.25) is 0 Å². The van der Waals surface area contributed by atoms with Crippen LogP contribution in [0.5, 0.6) is 11.5 Å². The zero-order chi connectivity index (χ0) is 24.8. The van der Waals surface area contributed by atoms with E-state index in [-0.39, 0.29) is 0 Å². The van der Waals surface area contributed by atoms with Crippen LogP contribution in [0.1, 0.15) is 25.0 Å². The lowest BCUT2D eigenvalue weighted by Crippen LogP contribution is -2.16. The molecular weight excluding hydrogens is 454 g/mol. The Hall–Kier alpha value is -3.83. The van der Waals surface area contributed by atoms with E-state index >= 15 is 0 Å². The van der Waals surface area contributed by atoms with Gasteiger partial charge in [0.1, 0.15) is 20.2 Å². The SMILES string of the molecule is CCOc1ccc(CNc2ncnc3c2cnn3-c2cccc(C#C[Si](C)(C)C)c2)cc1OCC. The third-order valence-electron chi connectivity index (χ3n) is 5.11. The van der Waals surface area contributed by atoms with E-state index in [9.17, 15) is 0 Å². The first-order valence-corrected chi connectivity index (χ1v) is 15.3. The number of ether oxygens (including phenoxy) is 2. The van der Waals surface area contributed by atoms with Gasteiger partial charge in [-0.1, -0.05) is 37.7 Å². The molecule has 4 rings (SSSR count). The van der Waals surface area contributed by atoms with Gasteiger partial charge in [-0.2, -0.15) is 5.10 Å². The van der Waals surface area contributed by atoms with E-state index in [0.29, 0.717) is 19.8 Å². The van der Waals surface area contributed by atoms with Gasteiger partial charge in [0.05, 0.1) is 30.5 Å². The fourth-order valence-corrected chi connectivity index (χ4v) is 4.06. The molecule has 0 aliphatic carbocycles. The van der Waals surface area contributed by atoms with Gasteiger partial charge < -0.3 is 14.8 Å². The Morgan fingerprint density at radius 1 is 0.971 bits per heavy atom. The molecule has 0 aliphatic rings. The van der Waals surface area contributed by atoms with E-state index in [0.717, 1.165) is 45.2 Å². The minimum Gasteiger partial charge on any atom is -0.490 e. The normalized spacial score (nSPS) is 11.1. The fourth-order valence-electron chi connectivity index (χ4n) is 3.54. The molecule has 0 spiro atoms. The molecule has 1 N–H and O–H groups in total. The first kappa shape index (κ1) is 24.3. The lowest BCUT2D eigenvalue weighted by molar-refractivity contribution is 0.287. The molecule has 35 heavy (non-hydrogen) atoms. The van der Waals surface area contributed by atoms with Crippen molar-refractivity contribution in [3.05, 3.63) is 66.1 Å². The zero-order valence-electron chi connectivity index (χ0n) is 20.9. The molecule has 2 aromatic heterocycles. The standard InChI is InChI=1S/C27H31N5O2Si/c1-6-33-24-12-11-21(16-25(24)34-7-2)17-28-26-23-18-31-32(27(23)30-19-29-26)22-10-8-9-20(15-22)13-14-35(3,4)5/h8-12,15-16,18-19H,6-7,17H2,1-5H3,(H,28,29,30). The van der Waals surface area contributed by atoms with Crippen LogP contribution in [0.3, 0.4) is 0 Å². The summed E-state index contributed by atoms with van der Waals surface area (Å²) in [6.07, 6.45) is 3.35. The lowest BCUT2D eigenvalue weighted by Gasteiger charge is -2.13. The van der Waals surface area contributed by atoms with Crippen LogP contribution in [0.25, 0.3) is 16.7 Å². The molecule has 0 saturated heterocycles. The molecule has 0 unspecified atom stereocenters. The Bertz CT molecular complexity index is 1380. The summed E-state index contributed by atoms with van der Waals surface area (Å²) in [4.78, 5) is 8.96. The number of hydrogen-bond donors (Lipinski definition) is 1. The smallest absolute Gasteiger partial charge is 0.168 e. The summed E-state index contributed by atoms with van der Waals surface area (Å²) in [5, 5.41) is 8.87. The third-order valence-corrected chi connectivity index (χ3v) is 5.98. The van der Waals surface area contributed by atoms with Crippen molar-refractivity contribution in [3.63, 3.8) is 0 Å². The molecule has 2 heterocycles. The monoisotopic (exact) mass is 485 g/mol. The molecule has 0 fully saturated rings. The van der Waals surface area contributed by atoms with Crippen molar-refractivity contribution in [2.75, 3.05) is 18.5 Å². The Morgan fingerprint density at radius 2 is 1.77 bits per heavy atom. The summed E-state index contributed by atoms with van der Waals surface area (Å²) < 4.78 is 13.2. The van der Waals surface area contributed by atoms with E-state index < -0.39 is 8.07 Å². The summed E-state index contributed by atoms with van der Waals surface area (Å²) >= 11 is 0. The molecule has 0 aliphatic heterocycles. The largest absolute Gasteiger partial charge is 0.490 e. The van der Waals surface area contributed by atoms with Crippen LogP contribution in [0.2, 0.25) is 19.6 Å². The Balaban J connectivity index is 1.58. The van der Waals surface area contributed by atoms with Crippen LogP contribution in [0, 0.1) is 11.5 Å². The predicted molar refractivity (Wildman–Crippen MR) is 143 cm³/mol. The topological polar surface area (TPSA) is 74.1 Å². The molecule has 0 bridgehead atoms. The van der Waals surface area contributed by atoms with Crippen molar-refractivity contribution in [2.45, 2.75) is 40.0 Å². The van der Waals surface area contributed by atoms with E-state index in [1.165, 1.54) is 0 Å². The number of nitrogens with zero attached hydrogens (tertiary/aromatic N) is 4. The number of nitrogens with one attached hydrogen (secondary N) is 1. The van der Waals surface area contributed by atoms with Crippen molar-refractivity contribution in [3.8, 4) is 28.7 Å². The van der Waals surface area contributed by atoms with Gasteiger partial charge in [-0.25, -0.2) is 14.6 Å². The molecule has 7 nitrogen and oxygen atoms in total. The minimum atomic E-state index is -1.46. The van der Waals surface area contributed by atoms with E-state index in [1.807, 2.05) is 61.0 Å². The summed E-state index contributed by atoms with van der Waals surface area (Å²) in [6, 6.07) is 14.0. The van der Waals surface area contributed by atoms with E-state index in [4.69, 9.17) is 9.47 Å². The van der Waals surface area contributed by atoms with Gasteiger partial charge in [0.25, 0.3) is 0 Å². The highest BCUT2D eigenvalue weighted by Gasteiger charge is 2.13. The zero-order valence-corrected chi connectivity index (χ0v) is 21.9. The molecule has 180 valence electrons. The van der Waals surface area contributed by atoms with Crippen molar-refractivity contribution >= 4 is 24.9 Å². The quantitative estimate of drug-likeness (QED) is 0.264. The fraction of sp³-hybridized carbons (Fsp3) is 0.296. The highest BCUT2D eigenvalue weighted by atomic mass is 28.3. The van der Waals surface area contributed by atoms with E-state index in [1.54, 1.807) is 12.5 Å². The van der Waals surface area contributed by atoms with Crippen molar-refractivity contribution in [1.82, 2.24) is 19.7 Å². The van der Waals surface area contributed by atoms with Crippen LogP contribution in [-0.4, -0.2) is 41.0 Å². The molecule has 0 amide bonds. The van der Waals surface area contributed by atoms with Crippen LogP contribution in [0.4, 0.5) is 5.82 Å². The Morgan fingerprint density at radius 3 is 2.54 bits per heavy atom. The van der Waals surface area contributed by atoms with Gasteiger partial charge in [0.2, 0.25) is 0 Å². The van der Waals surface area contributed by atoms with E-state index in [2.05, 4.69) is 51.5 Å². The molecule has 4 aromatic rings. The molecule has 8 heteroatoms. The summed E-state index contributed by atoms with van der Waals surface area (Å²) in [5.41, 5.74) is 7.10. The average Bonchev–Trinajstić information content (AvgIpc) is 3.28. The second-order valence-electron chi connectivity index (χ2n) is 9.07. The maximum absolute atomic E-state index is 5.75. The van der Waals surface area contributed by atoms with Gasteiger partial charge in [0.15, 0.2) is 17.1 Å². The maximum atomic E-state index is 5.75. The Labute approximate surface area is 207 Å². The summed E-state index contributed by atoms with van der Waals surface area (Å²) in [5.74, 6) is 5.53. The van der Waals surface area contributed by atoms with Crippen LogP contribution < -0.4 is 14.8 Å². The second kappa shape index (κ2) is 10.6. The molecule has 0 atom stereocenters. The predicted octanol–water partition coefficient (Wildman–Crippen LogP) is 5.45. The summed E-state index contributed by atoms with van der Waals surface area (Å²) in [7, 11) is -1.46. The van der Waals surface area contributed by atoms with Crippen LogP contribution >= 0.6 is 0 Å². The third kappa shape index (κ3) is 6.00. The number of fused-ring (bicyclic) bond motifs is 1. The van der Waals surface area contributed by atoms with Gasteiger partial charge in [-0.15, -0.1) is 5.54 Å². The highest BCUT2D eigenvalue weighted by Crippen LogP contribution is 2.29. The first-order chi connectivity index (χ1) is 16.9. The van der Waals surface area contributed by atoms with Crippen LogP contribution in [-0.2, 0) is 6.54 Å². The molecule has 2 aromatic carbocycles. The number of benzene rings is 2. The van der Waals surface area contributed by atoms with Crippen molar-refractivity contribution in [2.24, 2.45) is 0 Å². The minimum absolute atomic E-state index is 0.575. The van der Waals surface area contributed by atoms with Gasteiger partial charge in [-0.05, 0) is 49.7 Å². The molecule has 0 saturated carbocycles. The number of rotatable bonds is 8. The van der Waals surface area contributed by atoms with Crippen LogP contribution in [0.15, 0.2) is 55.0 Å². The number of aromatic nitrogens is 4.